The molecule has 3 aromatic rings. The zero-order chi connectivity index (χ0) is 18.5. The molecule has 0 radical (unpaired) electrons. The second kappa shape index (κ2) is 7.98. The fourth-order valence-corrected chi connectivity index (χ4v) is 3.65. The van der Waals surface area contributed by atoms with E-state index in [4.69, 9.17) is 5.73 Å². The molecular formula is C17H14N4O3S2. The van der Waals surface area contributed by atoms with Crippen LogP contribution in [0.15, 0.2) is 58.8 Å². The first-order valence-corrected chi connectivity index (χ1v) is 9.36. The summed E-state index contributed by atoms with van der Waals surface area (Å²) >= 11 is 2.65. The van der Waals surface area contributed by atoms with Crippen LogP contribution < -0.4 is 11.1 Å². The van der Waals surface area contributed by atoms with Gasteiger partial charge in [-0.1, -0.05) is 18.2 Å². The molecule has 0 aliphatic rings. The van der Waals surface area contributed by atoms with E-state index in [9.17, 15) is 14.9 Å². The van der Waals surface area contributed by atoms with Crippen LogP contribution in [0.25, 0.3) is 11.3 Å². The van der Waals surface area contributed by atoms with E-state index in [1.54, 1.807) is 23.6 Å². The number of amides is 1. The van der Waals surface area contributed by atoms with Crippen molar-refractivity contribution in [2.24, 2.45) is 0 Å². The highest BCUT2D eigenvalue weighted by Crippen LogP contribution is 2.28. The zero-order valence-corrected chi connectivity index (χ0v) is 15.0. The van der Waals surface area contributed by atoms with Gasteiger partial charge in [0.05, 0.1) is 16.4 Å². The van der Waals surface area contributed by atoms with Crippen LogP contribution in [0.1, 0.15) is 0 Å². The van der Waals surface area contributed by atoms with Crippen LogP contribution in [0.3, 0.4) is 0 Å². The maximum Gasteiger partial charge on any atom is 0.270 e. The van der Waals surface area contributed by atoms with Crippen LogP contribution in [0.2, 0.25) is 0 Å². The van der Waals surface area contributed by atoms with Gasteiger partial charge in [0.2, 0.25) is 5.91 Å². The Balaban J connectivity index is 1.62. The number of nitrogens with zero attached hydrogens (tertiary/aromatic N) is 2. The van der Waals surface area contributed by atoms with Crippen molar-refractivity contribution in [3.8, 4) is 11.3 Å². The van der Waals surface area contributed by atoms with Gasteiger partial charge < -0.3 is 11.1 Å². The topological polar surface area (TPSA) is 111 Å². The summed E-state index contributed by atoms with van der Waals surface area (Å²) in [5.41, 5.74) is 7.57. The van der Waals surface area contributed by atoms with E-state index in [0.717, 1.165) is 4.90 Å². The molecule has 1 aromatic heterocycles. The first-order valence-electron chi connectivity index (χ1n) is 7.50. The summed E-state index contributed by atoms with van der Waals surface area (Å²) in [6.45, 7) is 0. The minimum Gasteiger partial charge on any atom is -0.399 e. The summed E-state index contributed by atoms with van der Waals surface area (Å²) < 4.78 is 0. The van der Waals surface area contributed by atoms with Crippen molar-refractivity contribution >= 4 is 45.5 Å². The zero-order valence-electron chi connectivity index (χ0n) is 13.4. The number of hydrogen-bond donors (Lipinski definition) is 2. The van der Waals surface area contributed by atoms with Gasteiger partial charge in [-0.3, -0.25) is 14.9 Å². The van der Waals surface area contributed by atoms with Crippen LogP contribution in [0.4, 0.5) is 16.5 Å². The van der Waals surface area contributed by atoms with Crippen molar-refractivity contribution in [1.82, 2.24) is 4.98 Å². The lowest BCUT2D eigenvalue weighted by Crippen LogP contribution is -2.13. The van der Waals surface area contributed by atoms with E-state index in [0.29, 0.717) is 22.1 Å². The lowest BCUT2D eigenvalue weighted by atomic mass is 10.1. The molecule has 0 spiro atoms. The molecule has 0 aliphatic heterocycles. The molecule has 1 amide bonds. The average molecular weight is 386 g/mol. The SMILES string of the molecule is Nc1cccc(SCC(=O)Nc2nc(-c3cccc([N+](=O)[O-])c3)cs2)c1. The Morgan fingerprint density at radius 2 is 2.08 bits per heavy atom. The van der Waals surface area contributed by atoms with Gasteiger partial charge in [-0.2, -0.15) is 0 Å². The number of hydrogen-bond acceptors (Lipinski definition) is 7. The van der Waals surface area contributed by atoms with E-state index in [1.807, 2.05) is 18.2 Å². The number of nitrogens with one attached hydrogen (secondary N) is 1. The molecule has 2 aromatic carbocycles. The third-order valence-electron chi connectivity index (χ3n) is 3.33. The first-order chi connectivity index (χ1) is 12.5. The van der Waals surface area contributed by atoms with E-state index in [1.165, 1.54) is 35.2 Å². The summed E-state index contributed by atoms with van der Waals surface area (Å²) in [6.07, 6.45) is 0. The minimum atomic E-state index is -0.452. The molecule has 7 nitrogen and oxygen atoms in total. The van der Waals surface area contributed by atoms with E-state index in [2.05, 4.69) is 10.3 Å². The smallest absolute Gasteiger partial charge is 0.270 e. The van der Waals surface area contributed by atoms with Crippen molar-refractivity contribution < 1.29 is 9.72 Å². The van der Waals surface area contributed by atoms with Crippen molar-refractivity contribution in [3.05, 3.63) is 64.0 Å². The number of nitro benzene ring substituents is 1. The summed E-state index contributed by atoms with van der Waals surface area (Å²) in [4.78, 5) is 27.7. The molecule has 0 fully saturated rings. The van der Waals surface area contributed by atoms with E-state index in [-0.39, 0.29) is 17.3 Å². The van der Waals surface area contributed by atoms with Crippen molar-refractivity contribution in [2.75, 3.05) is 16.8 Å². The number of benzene rings is 2. The van der Waals surface area contributed by atoms with E-state index >= 15 is 0 Å². The second-order valence-electron chi connectivity index (χ2n) is 5.25. The number of thiazole rings is 1. The molecule has 3 N–H and O–H groups in total. The van der Waals surface area contributed by atoms with Crippen LogP contribution >= 0.6 is 23.1 Å². The molecule has 0 saturated heterocycles. The van der Waals surface area contributed by atoms with Crippen LogP contribution in [-0.4, -0.2) is 21.6 Å². The molecule has 0 aliphatic carbocycles. The largest absolute Gasteiger partial charge is 0.399 e. The molecule has 0 unspecified atom stereocenters. The Morgan fingerprint density at radius 3 is 2.85 bits per heavy atom. The number of nitrogen functional groups attached to an aromatic ring is 1. The highest BCUT2D eigenvalue weighted by atomic mass is 32.2. The fraction of sp³-hybridized carbons (Fsp3) is 0.0588. The monoisotopic (exact) mass is 386 g/mol. The Labute approximate surface area is 157 Å². The predicted octanol–water partition coefficient (Wildman–Crippen LogP) is 4.03. The van der Waals surface area contributed by atoms with Gasteiger partial charge >= 0.3 is 0 Å². The van der Waals surface area contributed by atoms with Gasteiger partial charge in [0.15, 0.2) is 5.13 Å². The molecule has 9 heteroatoms. The standard InChI is InChI=1S/C17H14N4O3S2/c18-12-4-2-6-14(8-12)25-10-16(22)20-17-19-15(9-26-17)11-3-1-5-13(7-11)21(23)24/h1-9H,10,18H2,(H,19,20,22). The average Bonchev–Trinajstić information content (AvgIpc) is 3.08. The Morgan fingerprint density at radius 1 is 1.27 bits per heavy atom. The number of rotatable bonds is 6. The number of carbonyl (C=O) groups excluding carboxylic acids is 1. The third kappa shape index (κ3) is 4.58. The summed E-state index contributed by atoms with van der Waals surface area (Å²) in [5, 5.41) is 15.8. The van der Waals surface area contributed by atoms with Crippen LogP contribution in [0.5, 0.6) is 0 Å². The minimum absolute atomic E-state index is 0.000352. The van der Waals surface area contributed by atoms with E-state index < -0.39 is 4.92 Å². The molecule has 132 valence electrons. The summed E-state index contributed by atoms with van der Waals surface area (Å²) in [5.74, 6) is 0.0483. The third-order valence-corrected chi connectivity index (χ3v) is 5.08. The molecular weight excluding hydrogens is 372 g/mol. The molecule has 0 bridgehead atoms. The number of anilines is 2. The number of thioether (sulfide) groups is 1. The molecule has 0 atom stereocenters. The van der Waals surface area contributed by atoms with Crippen molar-refractivity contribution in [2.45, 2.75) is 4.90 Å². The molecule has 26 heavy (non-hydrogen) atoms. The maximum atomic E-state index is 12.1. The Bertz CT molecular complexity index is 958. The van der Waals surface area contributed by atoms with Crippen LogP contribution in [-0.2, 0) is 4.79 Å². The molecule has 0 saturated carbocycles. The highest BCUT2D eigenvalue weighted by molar-refractivity contribution is 8.00. The maximum absolute atomic E-state index is 12.1. The normalized spacial score (nSPS) is 10.5. The van der Waals surface area contributed by atoms with Gasteiger partial charge in [0, 0.05) is 33.7 Å². The lowest BCUT2D eigenvalue weighted by molar-refractivity contribution is -0.384. The van der Waals surface area contributed by atoms with Gasteiger partial charge in [0.25, 0.3) is 5.69 Å². The second-order valence-corrected chi connectivity index (χ2v) is 7.16. The Kier molecular flexibility index (Phi) is 5.49. The number of aromatic nitrogens is 1. The van der Waals surface area contributed by atoms with Crippen molar-refractivity contribution in [1.29, 1.82) is 0 Å². The number of carbonyl (C=O) groups is 1. The quantitative estimate of drug-likeness (QED) is 0.286. The lowest BCUT2D eigenvalue weighted by Gasteiger charge is -2.03. The predicted molar refractivity (Wildman–Crippen MR) is 104 cm³/mol. The molecule has 1 heterocycles. The fourth-order valence-electron chi connectivity index (χ4n) is 2.15. The van der Waals surface area contributed by atoms with Gasteiger partial charge in [-0.25, -0.2) is 4.98 Å². The summed E-state index contributed by atoms with van der Waals surface area (Å²) in [6, 6.07) is 13.5. The summed E-state index contributed by atoms with van der Waals surface area (Å²) in [7, 11) is 0. The number of nitrogens with two attached hydrogens (primary N) is 1. The highest BCUT2D eigenvalue weighted by Gasteiger charge is 2.11. The van der Waals surface area contributed by atoms with Gasteiger partial charge in [-0.05, 0) is 18.2 Å². The number of non-ortho nitro benzene ring substituents is 1. The van der Waals surface area contributed by atoms with Gasteiger partial charge in [-0.15, -0.1) is 23.1 Å². The Hall–Kier alpha value is -2.91. The number of nitro groups is 1. The van der Waals surface area contributed by atoms with Gasteiger partial charge in [0.1, 0.15) is 0 Å². The first kappa shape index (κ1) is 17.9. The van der Waals surface area contributed by atoms with Crippen molar-refractivity contribution in [3.63, 3.8) is 0 Å². The molecule has 3 rings (SSSR count). The van der Waals surface area contributed by atoms with Crippen LogP contribution in [0, 0.1) is 10.1 Å².